The zero-order valence-electron chi connectivity index (χ0n) is 9.00. The van der Waals surface area contributed by atoms with Crippen LogP contribution in [0.2, 0.25) is 0 Å². The molecule has 0 atom stereocenters. The van der Waals surface area contributed by atoms with Gasteiger partial charge in [-0.2, -0.15) is 0 Å². The predicted octanol–water partition coefficient (Wildman–Crippen LogP) is 0.715. The highest BCUT2D eigenvalue weighted by Crippen LogP contribution is 2.11. The quantitative estimate of drug-likeness (QED) is 0.777. The van der Waals surface area contributed by atoms with Gasteiger partial charge in [0.05, 0.1) is 18.2 Å². The second kappa shape index (κ2) is 5.64. The predicted molar refractivity (Wildman–Crippen MR) is 55.7 cm³/mol. The number of carboxylic acid groups (broad SMARTS) is 1. The monoisotopic (exact) mass is 238 g/mol. The number of carboxylic acids is 1. The van der Waals surface area contributed by atoms with Crippen molar-refractivity contribution in [3.63, 3.8) is 0 Å². The Hall–Kier alpha value is -2.37. The van der Waals surface area contributed by atoms with Gasteiger partial charge in [-0.1, -0.05) is 12.1 Å². The first kappa shape index (κ1) is 12.7. The Bertz CT molecular complexity index is 451. The van der Waals surface area contributed by atoms with Crippen molar-refractivity contribution in [2.45, 2.75) is 0 Å². The minimum absolute atomic E-state index is 0.0272. The number of methoxy groups -OCH3 is 1. The highest BCUT2D eigenvalue weighted by atomic mass is 16.6. The van der Waals surface area contributed by atoms with E-state index in [2.05, 4.69) is 9.47 Å². The molecule has 1 N–H and O–H groups in total. The Morgan fingerprint density at radius 3 is 2.12 bits per heavy atom. The van der Waals surface area contributed by atoms with Gasteiger partial charge in [0.15, 0.2) is 6.61 Å². The molecule has 0 fully saturated rings. The SMILES string of the molecule is COC(=O)c1ccccc1C(=O)OCC(=O)O. The standard InChI is InChI=1S/C11H10O6/c1-16-10(14)7-4-2-3-5-8(7)11(15)17-6-9(12)13/h2-5H,6H2,1H3,(H,12,13). The third kappa shape index (κ3) is 3.30. The van der Waals surface area contributed by atoms with E-state index in [1.165, 1.54) is 25.3 Å². The van der Waals surface area contributed by atoms with E-state index in [9.17, 15) is 14.4 Å². The minimum atomic E-state index is -1.27. The lowest BCUT2D eigenvalue weighted by molar-refractivity contribution is -0.140. The van der Waals surface area contributed by atoms with Crippen LogP contribution in [0.15, 0.2) is 24.3 Å². The summed E-state index contributed by atoms with van der Waals surface area (Å²) in [6, 6.07) is 5.84. The largest absolute Gasteiger partial charge is 0.479 e. The van der Waals surface area contributed by atoms with Gasteiger partial charge in [0.2, 0.25) is 0 Å². The number of hydrogen-bond acceptors (Lipinski definition) is 5. The molecule has 0 aromatic heterocycles. The molecular formula is C11H10O6. The fourth-order valence-corrected chi connectivity index (χ4v) is 1.15. The molecular weight excluding hydrogens is 228 g/mol. The van der Waals surface area contributed by atoms with Crippen LogP contribution in [0.5, 0.6) is 0 Å². The fraction of sp³-hybridized carbons (Fsp3) is 0.182. The van der Waals surface area contributed by atoms with Gasteiger partial charge in [-0.25, -0.2) is 14.4 Å². The first-order chi connectivity index (χ1) is 8.06. The molecule has 0 aliphatic rings. The third-order valence-corrected chi connectivity index (χ3v) is 1.88. The average Bonchev–Trinajstić information content (AvgIpc) is 2.34. The molecule has 0 radical (unpaired) electrons. The van der Waals surface area contributed by atoms with E-state index >= 15 is 0 Å². The van der Waals surface area contributed by atoms with E-state index in [1.54, 1.807) is 6.07 Å². The van der Waals surface area contributed by atoms with Crippen LogP contribution in [0.4, 0.5) is 0 Å². The Morgan fingerprint density at radius 2 is 1.65 bits per heavy atom. The summed E-state index contributed by atoms with van der Waals surface area (Å²) in [6.45, 7) is -0.756. The maximum Gasteiger partial charge on any atom is 0.341 e. The Labute approximate surface area is 96.8 Å². The van der Waals surface area contributed by atoms with Crippen LogP contribution in [0.25, 0.3) is 0 Å². The van der Waals surface area contributed by atoms with Crippen LogP contribution in [0.3, 0.4) is 0 Å². The van der Waals surface area contributed by atoms with Crippen molar-refractivity contribution in [2.75, 3.05) is 13.7 Å². The molecule has 1 aromatic rings. The molecule has 1 rings (SSSR count). The maximum absolute atomic E-state index is 11.5. The van der Waals surface area contributed by atoms with Gasteiger partial charge in [-0.05, 0) is 12.1 Å². The number of rotatable bonds is 4. The molecule has 0 bridgehead atoms. The van der Waals surface area contributed by atoms with Gasteiger partial charge < -0.3 is 14.6 Å². The maximum atomic E-state index is 11.5. The second-order valence-electron chi connectivity index (χ2n) is 3.01. The van der Waals surface area contributed by atoms with Gasteiger partial charge >= 0.3 is 17.9 Å². The first-order valence-corrected chi connectivity index (χ1v) is 4.62. The van der Waals surface area contributed by atoms with Crippen molar-refractivity contribution in [3.05, 3.63) is 35.4 Å². The first-order valence-electron chi connectivity index (χ1n) is 4.62. The van der Waals surface area contributed by atoms with Crippen LogP contribution < -0.4 is 0 Å². The Kier molecular flexibility index (Phi) is 4.21. The number of hydrogen-bond donors (Lipinski definition) is 1. The lowest BCUT2D eigenvalue weighted by atomic mass is 10.1. The van der Waals surface area contributed by atoms with Crippen LogP contribution in [-0.4, -0.2) is 36.7 Å². The average molecular weight is 238 g/mol. The summed E-state index contributed by atoms with van der Waals surface area (Å²) in [7, 11) is 1.18. The second-order valence-corrected chi connectivity index (χ2v) is 3.01. The molecule has 0 heterocycles. The summed E-state index contributed by atoms with van der Waals surface area (Å²) in [5, 5.41) is 8.37. The molecule has 1 aromatic carbocycles. The number of carbonyl (C=O) groups is 3. The van der Waals surface area contributed by atoms with E-state index in [-0.39, 0.29) is 11.1 Å². The Balaban J connectivity index is 2.93. The number of aliphatic carboxylic acids is 1. The molecule has 0 amide bonds. The van der Waals surface area contributed by atoms with Crippen molar-refractivity contribution in [1.82, 2.24) is 0 Å². The van der Waals surface area contributed by atoms with E-state index in [0.717, 1.165) is 0 Å². The van der Waals surface area contributed by atoms with E-state index < -0.39 is 24.5 Å². The minimum Gasteiger partial charge on any atom is -0.479 e. The van der Waals surface area contributed by atoms with E-state index in [1.807, 2.05) is 0 Å². The molecule has 0 aliphatic heterocycles. The summed E-state index contributed by atoms with van der Waals surface area (Å²) in [4.78, 5) is 33.1. The highest BCUT2D eigenvalue weighted by molar-refractivity contribution is 6.03. The molecule has 0 saturated heterocycles. The summed E-state index contributed by atoms with van der Waals surface area (Å²) < 4.78 is 8.97. The number of ether oxygens (including phenoxy) is 2. The van der Waals surface area contributed by atoms with Crippen LogP contribution >= 0.6 is 0 Å². The van der Waals surface area contributed by atoms with Crippen LogP contribution in [0, 0.1) is 0 Å². The number of carbonyl (C=O) groups excluding carboxylic acids is 2. The van der Waals surface area contributed by atoms with E-state index in [0.29, 0.717) is 0 Å². The van der Waals surface area contributed by atoms with Gasteiger partial charge in [0.25, 0.3) is 0 Å². The lowest BCUT2D eigenvalue weighted by Crippen LogP contribution is -2.16. The van der Waals surface area contributed by atoms with Crippen molar-refractivity contribution >= 4 is 17.9 Å². The summed E-state index contributed by atoms with van der Waals surface area (Å²) in [5.41, 5.74) is 0.00555. The number of benzene rings is 1. The molecule has 0 unspecified atom stereocenters. The van der Waals surface area contributed by atoms with E-state index in [4.69, 9.17) is 5.11 Å². The van der Waals surface area contributed by atoms with Crippen molar-refractivity contribution in [1.29, 1.82) is 0 Å². The summed E-state index contributed by atoms with van der Waals surface area (Å²) in [5.74, 6) is -2.84. The topological polar surface area (TPSA) is 89.9 Å². The zero-order valence-corrected chi connectivity index (χ0v) is 9.00. The lowest BCUT2D eigenvalue weighted by Gasteiger charge is -2.06. The smallest absolute Gasteiger partial charge is 0.341 e. The van der Waals surface area contributed by atoms with Gasteiger partial charge in [-0.3, -0.25) is 0 Å². The zero-order chi connectivity index (χ0) is 12.8. The van der Waals surface area contributed by atoms with Crippen LogP contribution in [-0.2, 0) is 14.3 Å². The third-order valence-electron chi connectivity index (χ3n) is 1.88. The van der Waals surface area contributed by atoms with Crippen molar-refractivity contribution in [3.8, 4) is 0 Å². The van der Waals surface area contributed by atoms with Gasteiger partial charge in [0, 0.05) is 0 Å². The van der Waals surface area contributed by atoms with Crippen LogP contribution in [0.1, 0.15) is 20.7 Å². The Morgan fingerprint density at radius 1 is 1.12 bits per heavy atom. The highest BCUT2D eigenvalue weighted by Gasteiger charge is 2.18. The molecule has 6 heteroatoms. The molecule has 90 valence electrons. The summed E-state index contributed by atoms with van der Waals surface area (Å²) >= 11 is 0. The molecule has 6 nitrogen and oxygen atoms in total. The molecule has 0 aliphatic carbocycles. The molecule has 17 heavy (non-hydrogen) atoms. The molecule has 0 spiro atoms. The van der Waals surface area contributed by atoms with Gasteiger partial charge in [-0.15, -0.1) is 0 Å². The molecule has 0 saturated carbocycles. The van der Waals surface area contributed by atoms with Crippen molar-refractivity contribution < 1.29 is 29.0 Å². The normalized spacial score (nSPS) is 9.47. The number of esters is 2. The summed E-state index contributed by atoms with van der Waals surface area (Å²) in [6.07, 6.45) is 0. The fourth-order valence-electron chi connectivity index (χ4n) is 1.15. The van der Waals surface area contributed by atoms with Crippen molar-refractivity contribution in [2.24, 2.45) is 0 Å². The van der Waals surface area contributed by atoms with Gasteiger partial charge in [0.1, 0.15) is 0 Å².